The molecule has 3 rings (SSSR count). The predicted molar refractivity (Wildman–Crippen MR) is 71.4 cm³/mol. The summed E-state index contributed by atoms with van der Waals surface area (Å²) in [6, 6.07) is 3.18. The van der Waals surface area contributed by atoms with E-state index in [2.05, 4.69) is 14.9 Å². The van der Waals surface area contributed by atoms with Crippen LogP contribution in [0.2, 0.25) is 5.02 Å². The number of rotatable bonds is 3. The second-order valence-corrected chi connectivity index (χ2v) is 6.61. The highest BCUT2D eigenvalue weighted by Crippen LogP contribution is 2.30. The Morgan fingerprint density at radius 1 is 1.45 bits per heavy atom. The number of halogens is 1. The monoisotopic (exact) mass is 317 g/mol. The zero-order valence-electron chi connectivity index (χ0n) is 10.3. The summed E-state index contributed by atoms with van der Waals surface area (Å²) in [5, 5.41) is 26.9. The molecule has 9 heteroatoms. The Morgan fingerprint density at radius 3 is 2.90 bits per heavy atom. The lowest BCUT2D eigenvalue weighted by atomic mass is 10.1. The van der Waals surface area contributed by atoms with Crippen molar-refractivity contribution in [2.75, 3.05) is 19.7 Å². The van der Waals surface area contributed by atoms with E-state index in [1.807, 2.05) is 0 Å². The normalized spacial score (nSPS) is 25.4. The third-order valence-electron chi connectivity index (χ3n) is 3.34. The molecule has 20 heavy (non-hydrogen) atoms. The van der Waals surface area contributed by atoms with Gasteiger partial charge in [-0.3, -0.25) is 0 Å². The van der Waals surface area contributed by atoms with E-state index >= 15 is 0 Å². The SMILES string of the molecule is O=S(c1ccc(Cl)c2nonc12)N1CCC(O)(CO)C1. The van der Waals surface area contributed by atoms with Crippen LogP contribution in [0.15, 0.2) is 21.7 Å². The topological polar surface area (TPSA) is 99.7 Å². The lowest BCUT2D eigenvalue weighted by Gasteiger charge is -2.20. The number of β-amino-alcohol motifs (C(OH)–C–C–N with tert-alkyl or cyclic N) is 1. The minimum Gasteiger partial charge on any atom is -0.393 e. The van der Waals surface area contributed by atoms with Crippen LogP contribution < -0.4 is 0 Å². The Hall–Kier alpha value is -1.06. The van der Waals surface area contributed by atoms with Crippen molar-refractivity contribution in [3.63, 3.8) is 0 Å². The van der Waals surface area contributed by atoms with Crippen molar-refractivity contribution in [2.45, 2.75) is 16.9 Å². The molecule has 0 spiro atoms. The molecule has 2 aromatic rings. The number of fused-ring (bicyclic) bond motifs is 1. The Kier molecular flexibility index (Phi) is 3.51. The fraction of sp³-hybridized carbons (Fsp3) is 0.455. The van der Waals surface area contributed by atoms with E-state index in [1.165, 1.54) is 0 Å². The maximum Gasteiger partial charge on any atom is 0.155 e. The van der Waals surface area contributed by atoms with Gasteiger partial charge in [-0.25, -0.2) is 13.1 Å². The smallest absolute Gasteiger partial charge is 0.155 e. The summed E-state index contributed by atoms with van der Waals surface area (Å²) in [4.78, 5) is 0.424. The highest BCUT2D eigenvalue weighted by Gasteiger charge is 2.38. The van der Waals surface area contributed by atoms with E-state index in [-0.39, 0.29) is 13.2 Å². The number of hydrogen-bond donors (Lipinski definition) is 2. The minimum absolute atomic E-state index is 0.130. The molecule has 1 fully saturated rings. The lowest BCUT2D eigenvalue weighted by Crippen LogP contribution is -2.37. The molecule has 2 unspecified atom stereocenters. The molecule has 2 atom stereocenters. The molecule has 0 bridgehead atoms. The van der Waals surface area contributed by atoms with Crippen LogP contribution in [0, 0.1) is 0 Å². The Bertz CT molecular complexity index is 679. The van der Waals surface area contributed by atoms with Gasteiger partial charge in [-0.2, -0.15) is 0 Å². The van der Waals surface area contributed by atoms with E-state index < -0.39 is 16.6 Å². The van der Waals surface area contributed by atoms with Crippen molar-refractivity contribution >= 4 is 33.6 Å². The van der Waals surface area contributed by atoms with Gasteiger partial charge in [-0.05, 0) is 28.9 Å². The maximum absolute atomic E-state index is 12.6. The molecule has 1 aromatic carbocycles. The van der Waals surface area contributed by atoms with Gasteiger partial charge in [-0.1, -0.05) is 11.6 Å². The van der Waals surface area contributed by atoms with Crippen molar-refractivity contribution in [1.82, 2.24) is 14.6 Å². The number of benzene rings is 1. The summed E-state index contributed by atoms with van der Waals surface area (Å²) in [6.45, 7) is 0.187. The van der Waals surface area contributed by atoms with Crippen LogP contribution >= 0.6 is 11.6 Å². The number of nitrogens with zero attached hydrogens (tertiary/aromatic N) is 3. The molecule has 0 amide bonds. The van der Waals surface area contributed by atoms with E-state index in [4.69, 9.17) is 16.7 Å². The quantitative estimate of drug-likeness (QED) is 0.846. The molecule has 1 aliphatic heterocycles. The zero-order valence-corrected chi connectivity index (χ0v) is 11.9. The summed E-state index contributed by atoms with van der Waals surface area (Å²) in [5.41, 5.74) is -0.507. The molecule has 1 saturated heterocycles. The standard InChI is InChI=1S/C11H12ClN3O4S/c12-7-1-2-8(10-9(7)13-19-14-10)20(18)15-4-3-11(17,5-15)6-16/h1-2,16-17H,3-6H2. The fourth-order valence-corrected chi connectivity index (χ4v) is 3.75. The maximum atomic E-state index is 12.6. The first kappa shape index (κ1) is 13.9. The van der Waals surface area contributed by atoms with Gasteiger partial charge >= 0.3 is 0 Å². The minimum atomic E-state index is -1.53. The summed E-state index contributed by atoms with van der Waals surface area (Å²) in [7, 11) is -1.53. The van der Waals surface area contributed by atoms with E-state index in [1.54, 1.807) is 16.4 Å². The molecule has 1 aliphatic rings. The number of hydrogen-bond acceptors (Lipinski definition) is 6. The number of aliphatic hydroxyl groups is 2. The van der Waals surface area contributed by atoms with Crippen LogP contribution in [0.3, 0.4) is 0 Å². The van der Waals surface area contributed by atoms with Crippen molar-refractivity contribution in [3.05, 3.63) is 17.2 Å². The third-order valence-corrected chi connectivity index (χ3v) is 5.13. The first-order valence-corrected chi connectivity index (χ1v) is 7.43. The fourth-order valence-electron chi connectivity index (χ4n) is 2.18. The van der Waals surface area contributed by atoms with Gasteiger partial charge in [0.1, 0.15) is 16.6 Å². The van der Waals surface area contributed by atoms with Crippen LogP contribution in [-0.4, -0.2) is 54.3 Å². The molecule has 1 aromatic heterocycles. The second kappa shape index (κ2) is 5.05. The van der Waals surface area contributed by atoms with Crippen LogP contribution in [0.5, 0.6) is 0 Å². The van der Waals surface area contributed by atoms with Crippen LogP contribution in [0.1, 0.15) is 6.42 Å². The molecule has 2 N–H and O–H groups in total. The van der Waals surface area contributed by atoms with Gasteiger partial charge < -0.3 is 10.2 Å². The molecule has 108 valence electrons. The van der Waals surface area contributed by atoms with Gasteiger partial charge in [0, 0.05) is 13.1 Å². The number of aromatic nitrogens is 2. The van der Waals surface area contributed by atoms with Gasteiger partial charge in [0.25, 0.3) is 0 Å². The molecule has 0 aliphatic carbocycles. The average Bonchev–Trinajstić information content (AvgIpc) is 3.06. The number of aliphatic hydroxyl groups excluding tert-OH is 1. The van der Waals surface area contributed by atoms with Gasteiger partial charge in [0.05, 0.1) is 16.5 Å². The highest BCUT2D eigenvalue weighted by atomic mass is 35.5. The van der Waals surface area contributed by atoms with Gasteiger partial charge in [-0.15, -0.1) is 0 Å². The van der Waals surface area contributed by atoms with Crippen LogP contribution in [0.25, 0.3) is 11.0 Å². The summed E-state index contributed by atoms with van der Waals surface area (Å²) in [6.07, 6.45) is 0.364. The third kappa shape index (κ3) is 2.23. The summed E-state index contributed by atoms with van der Waals surface area (Å²) in [5.74, 6) is 0. The first-order chi connectivity index (χ1) is 9.54. The highest BCUT2D eigenvalue weighted by molar-refractivity contribution is 7.83. The lowest BCUT2D eigenvalue weighted by molar-refractivity contribution is -0.000500. The first-order valence-electron chi connectivity index (χ1n) is 5.95. The van der Waals surface area contributed by atoms with Gasteiger partial charge in [0.15, 0.2) is 11.0 Å². The zero-order chi connectivity index (χ0) is 14.3. The van der Waals surface area contributed by atoms with Crippen molar-refractivity contribution in [1.29, 1.82) is 0 Å². The largest absolute Gasteiger partial charge is 0.393 e. The molecular weight excluding hydrogens is 306 g/mol. The Labute approximate surface area is 121 Å². The van der Waals surface area contributed by atoms with E-state index in [0.717, 1.165) is 0 Å². The Balaban J connectivity index is 1.94. The van der Waals surface area contributed by atoms with Gasteiger partial charge in [0.2, 0.25) is 0 Å². The summed E-state index contributed by atoms with van der Waals surface area (Å²) >= 11 is 5.95. The van der Waals surface area contributed by atoms with Crippen LogP contribution in [0.4, 0.5) is 0 Å². The molecular formula is C11H12ClN3O4S. The second-order valence-electron chi connectivity index (χ2n) is 4.75. The van der Waals surface area contributed by atoms with Crippen molar-refractivity contribution in [2.24, 2.45) is 0 Å². The van der Waals surface area contributed by atoms with Crippen LogP contribution in [-0.2, 0) is 11.0 Å². The van der Waals surface area contributed by atoms with E-state index in [9.17, 15) is 9.32 Å². The summed E-state index contributed by atoms with van der Waals surface area (Å²) < 4.78 is 18.8. The molecule has 7 nitrogen and oxygen atoms in total. The van der Waals surface area contributed by atoms with E-state index in [0.29, 0.717) is 33.9 Å². The van der Waals surface area contributed by atoms with Crippen molar-refractivity contribution < 1.29 is 19.1 Å². The molecule has 2 heterocycles. The predicted octanol–water partition coefficient (Wildman–Crippen LogP) is 0.328. The van der Waals surface area contributed by atoms with Crippen molar-refractivity contribution in [3.8, 4) is 0 Å². The molecule has 0 radical (unpaired) electrons. The average molecular weight is 318 g/mol. The Morgan fingerprint density at radius 2 is 2.20 bits per heavy atom. The molecule has 0 saturated carbocycles.